The lowest BCUT2D eigenvalue weighted by molar-refractivity contribution is 0.268. The number of halogens is 1. The summed E-state index contributed by atoms with van der Waals surface area (Å²) < 4.78 is 0. The zero-order valence-corrected chi connectivity index (χ0v) is 9.88. The lowest BCUT2D eigenvalue weighted by Gasteiger charge is -2.22. The molecule has 2 heteroatoms. The van der Waals surface area contributed by atoms with Crippen LogP contribution >= 0.6 is 11.6 Å². The van der Waals surface area contributed by atoms with E-state index in [1.165, 1.54) is 11.1 Å². The maximum atomic E-state index is 5.80. The number of alkyl halides is 1. The predicted molar refractivity (Wildman–Crippen MR) is 62.8 cm³/mol. The minimum atomic E-state index is 0.429. The number of nitrogens with zero attached hydrogens (tertiary/aromatic N) is 1. The Labute approximate surface area is 91.7 Å². The van der Waals surface area contributed by atoms with Gasteiger partial charge in [0.25, 0.3) is 0 Å². The molecule has 0 saturated heterocycles. The van der Waals surface area contributed by atoms with Crippen molar-refractivity contribution < 1.29 is 0 Å². The van der Waals surface area contributed by atoms with Crippen molar-refractivity contribution in [2.75, 3.05) is 12.9 Å². The molecule has 1 rings (SSSR count). The molecule has 0 saturated carbocycles. The Balaban J connectivity index is 2.56. The lowest BCUT2D eigenvalue weighted by atomic mass is 10.1. The van der Waals surface area contributed by atoms with Crippen LogP contribution in [0.25, 0.3) is 0 Å². The van der Waals surface area contributed by atoms with Gasteiger partial charge in [0, 0.05) is 18.5 Å². The first-order valence-corrected chi connectivity index (χ1v) is 5.48. The van der Waals surface area contributed by atoms with E-state index in [0.717, 1.165) is 6.54 Å². The molecule has 0 aliphatic rings. The Morgan fingerprint density at radius 2 is 1.86 bits per heavy atom. The topological polar surface area (TPSA) is 3.24 Å². The smallest absolute Gasteiger partial charge is 0.0376 e. The molecule has 1 nitrogen and oxygen atoms in total. The van der Waals surface area contributed by atoms with Crippen LogP contribution in [0.4, 0.5) is 0 Å². The van der Waals surface area contributed by atoms with Gasteiger partial charge < -0.3 is 0 Å². The minimum absolute atomic E-state index is 0.429. The number of hydrogen-bond donors (Lipinski definition) is 0. The number of aryl methyl sites for hydroxylation is 1. The first kappa shape index (κ1) is 11.5. The molecule has 0 heterocycles. The molecule has 0 N–H and O–H groups in total. The van der Waals surface area contributed by atoms with Gasteiger partial charge in [-0.2, -0.15) is 0 Å². The first-order chi connectivity index (χ1) is 6.63. The van der Waals surface area contributed by atoms with E-state index in [4.69, 9.17) is 11.6 Å². The number of rotatable bonds is 4. The second-order valence-electron chi connectivity index (χ2n) is 3.90. The van der Waals surface area contributed by atoms with Crippen LogP contribution in [0.3, 0.4) is 0 Å². The monoisotopic (exact) mass is 211 g/mol. The molecule has 0 aliphatic heterocycles. The molecule has 1 aromatic carbocycles. The van der Waals surface area contributed by atoms with Crippen molar-refractivity contribution in [3.05, 3.63) is 35.4 Å². The van der Waals surface area contributed by atoms with Crippen LogP contribution in [0.2, 0.25) is 0 Å². The summed E-state index contributed by atoms with van der Waals surface area (Å²) in [4.78, 5) is 2.26. The van der Waals surface area contributed by atoms with E-state index in [0.29, 0.717) is 11.9 Å². The second kappa shape index (κ2) is 5.38. The molecule has 0 amide bonds. The molecule has 1 unspecified atom stereocenters. The maximum absolute atomic E-state index is 5.80. The first-order valence-electron chi connectivity index (χ1n) is 4.95. The molecule has 0 fully saturated rings. The average Bonchev–Trinajstić information content (AvgIpc) is 2.20. The SMILES string of the molecule is Cc1ccc(CN(C)C(C)CCl)cc1. The van der Waals surface area contributed by atoms with Crippen molar-refractivity contribution in [1.29, 1.82) is 0 Å². The van der Waals surface area contributed by atoms with Gasteiger partial charge in [-0.25, -0.2) is 0 Å². The van der Waals surface area contributed by atoms with Crippen LogP contribution in [-0.2, 0) is 6.54 Å². The standard InChI is InChI=1S/C12H18ClN/c1-10-4-6-12(7-5-10)9-14(3)11(2)8-13/h4-7,11H,8-9H2,1-3H3. The fourth-order valence-corrected chi connectivity index (χ4v) is 1.49. The van der Waals surface area contributed by atoms with E-state index >= 15 is 0 Å². The van der Waals surface area contributed by atoms with E-state index in [-0.39, 0.29) is 0 Å². The molecule has 14 heavy (non-hydrogen) atoms. The van der Waals surface area contributed by atoms with Crippen molar-refractivity contribution in [1.82, 2.24) is 4.90 Å². The highest BCUT2D eigenvalue weighted by Gasteiger charge is 2.07. The molecule has 1 aromatic rings. The highest BCUT2D eigenvalue weighted by molar-refractivity contribution is 6.18. The van der Waals surface area contributed by atoms with Gasteiger partial charge in [0.05, 0.1) is 0 Å². The van der Waals surface area contributed by atoms with E-state index in [1.54, 1.807) is 0 Å². The van der Waals surface area contributed by atoms with Crippen LogP contribution in [0.15, 0.2) is 24.3 Å². The van der Waals surface area contributed by atoms with Gasteiger partial charge in [-0.05, 0) is 26.5 Å². The van der Waals surface area contributed by atoms with Gasteiger partial charge >= 0.3 is 0 Å². The molecule has 0 aliphatic carbocycles. The second-order valence-corrected chi connectivity index (χ2v) is 4.21. The van der Waals surface area contributed by atoms with Crippen LogP contribution in [0.5, 0.6) is 0 Å². The Morgan fingerprint density at radius 3 is 2.36 bits per heavy atom. The van der Waals surface area contributed by atoms with Gasteiger partial charge in [0.2, 0.25) is 0 Å². The highest BCUT2D eigenvalue weighted by Crippen LogP contribution is 2.08. The lowest BCUT2D eigenvalue weighted by Crippen LogP contribution is -2.29. The molecule has 0 radical (unpaired) electrons. The van der Waals surface area contributed by atoms with Crippen LogP contribution in [0, 0.1) is 6.92 Å². The number of hydrogen-bond acceptors (Lipinski definition) is 1. The molecule has 1 atom stereocenters. The predicted octanol–water partition coefficient (Wildman–Crippen LogP) is 3.05. The Hall–Kier alpha value is -0.530. The summed E-state index contributed by atoms with van der Waals surface area (Å²) in [5.74, 6) is 0.683. The van der Waals surface area contributed by atoms with Gasteiger partial charge in [0.1, 0.15) is 0 Å². The molecular weight excluding hydrogens is 194 g/mol. The summed E-state index contributed by atoms with van der Waals surface area (Å²) in [7, 11) is 2.10. The van der Waals surface area contributed by atoms with E-state index < -0.39 is 0 Å². The average molecular weight is 212 g/mol. The van der Waals surface area contributed by atoms with Crippen molar-refractivity contribution >= 4 is 11.6 Å². The summed E-state index contributed by atoms with van der Waals surface area (Å²) in [6, 6.07) is 9.07. The Kier molecular flexibility index (Phi) is 4.43. The van der Waals surface area contributed by atoms with Gasteiger partial charge in [-0.15, -0.1) is 11.6 Å². The molecule has 0 aromatic heterocycles. The number of benzene rings is 1. The highest BCUT2D eigenvalue weighted by atomic mass is 35.5. The zero-order chi connectivity index (χ0) is 10.6. The summed E-state index contributed by atoms with van der Waals surface area (Å²) >= 11 is 5.80. The molecule has 78 valence electrons. The van der Waals surface area contributed by atoms with Crippen molar-refractivity contribution in [3.63, 3.8) is 0 Å². The van der Waals surface area contributed by atoms with Gasteiger partial charge in [-0.1, -0.05) is 29.8 Å². The maximum Gasteiger partial charge on any atom is 0.0376 e. The summed E-state index contributed by atoms with van der Waals surface area (Å²) in [5, 5.41) is 0. The third-order valence-corrected chi connectivity index (χ3v) is 2.97. The third kappa shape index (κ3) is 3.32. The van der Waals surface area contributed by atoms with Crippen LogP contribution in [-0.4, -0.2) is 23.9 Å². The molecule has 0 bridgehead atoms. The summed E-state index contributed by atoms with van der Waals surface area (Å²) in [6.45, 7) is 5.21. The quantitative estimate of drug-likeness (QED) is 0.692. The molecular formula is C12H18ClN. The van der Waals surface area contributed by atoms with Crippen LogP contribution in [0.1, 0.15) is 18.1 Å². The van der Waals surface area contributed by atoms with E-state index in [2.05, 4.69) is 50.1 Å². The van der Waals surface area contributed by atoms with Gasteiger partial charge in [0.15, 0.2) is 0 Å². The van der Waals surface area contributed by atoms with Crippen LogP contribution < -0.4 is 0 Å². The summed E-state index contributed by atoms with van der Waals surface area (Å²) in [5.41, 5.74) is 2.65. The molecule has 0 spiro atoms. The van der Waals surface area contributed by atoms with E-state index in [9.17, 15) is 0 Å². The minimum Gasteiger partial charge on any atom is -0.298 e. The fraction of sp³-hybridized carbons (Fsp3) is 0.500. The van der Waals surface area contributed by atoms with Gasteiger partial charge in [-0.3, -0.25) is 4.90 Å². The normalized spacial score (nSPS) is 13.2. The van der Waals surface area contributed by atoms with E-state index in [1.807, 2.05) is 0 Å². The largest absolute Gasteiger partial charge is 0.298 e. The third-order valence-electron chi connectivity index (χ3n) is 2.53. The van der Waals surface area contributed by atoms with Crippen molar-refractivity contribution in [2.45, 2.75) is 26.4 Å². The zero-order valence-electron chi connectivity index (χ0n) is 9.13. The Bertz CT molecular complexity index is 268. The fourth-order valence-electron chi connectivity index (χ4n) is 1.26. The Morgan fingerprint density at radius 1 is 1.29 bits per heavy atom. The summed E-state index contributed by atoms with van der Waals surface area (Å²) in [6.07, 6.45) is 0. The van der Waals surface area contributed by atoms with Crippen molar-refractivity contribution in [3.8, 4) is 0 Å². The van der Waals surface area contributed by atoms with Crippen molar-refractivity contribution in [2.24, 2.45) is 0 Å².